The number of amides is 1. The van der Waals surface area contributed by atoms with E-state index in [1.54, 1.807) is 39.8 Å². The van der Waals surface area contributed by atoms with Crippen LogP contribution in [0.4, 0.5) is 10.1 Å². The Morgan fingerprint density at radius 3 is 2.28 bits per heavy atom. The van der Waals surface area contributed by atoms with Crippen LogP contribution < -0.4 is 5.32 Å². The number of hydrogen-bond acceptors (Lipinski definition) is 5. The van der Waals surface area contributed by atoms with Gasteiger partial charge < -0.3 is 15.2 Å². The number of carbonyl (C=O) groups is 2. The third kappa shape index (κ3) is 5.56. The first-order valence-electron chi connectivity index (χ1n) is 9.92. The topological polar surface area (TPSA) is 88.0 Å². The van der Waals surface area contributed by atoms with E-state index in [2.05, 4.69) is 16.9 Å². The van der Waals surface area contributed by atoms with E-state index in [0.29, 0.717) is 39.2 Å². The van der Waals surface area contributed by atoms with Crippen LogP contribution in [0.25, 0.3) is 0 Å². The molecule has 0 bridgehead atoms. The Labute approximate surface area is 187 Å². The molecular weight excluding hydrogens is 411 g/mol. The first-order valence-corrected chi connectivity index (χ1v) is 9.92. The maximum atomic E-state index is 13.7. The molecule has 2 N–H and O–H groups in total. The number of esters is 1. The van der Waals surface area contributed by atoms with E-state index in [4.69, 9.17) is 4.74 Å². The van der Waals surface area contributed by atoms with Gasteiger partial charge in [0, 0.05) is 16.8 Å². The lowest BCUT2D eigenvalue weighted by Gasteiger charge is -2.15. The average molecular weight is 438 g/mol. The van der Waals surface area contributed by atoms with Crippen LogP contribution in [-0.2, 0) is 16.1 Å². The number of aliphatic hydroxyl groups excluding tert-OH is 1. The highest BCUT2D eigenvalue weighted by Crippen LogP contribution is 2.24. The molecule has 2 aromatic carbocycles. The van der Waals surface area contributed by atoms with Gasteiger partial charge in [-0.1, -0.05) is 6.58 Å². The molecule has 0 aliphatic rings. The van der Waals surface area contributed by atoms with Crippen LogP contribution in [0, 0.1) is 19.7 Å². The van der Waals surface area contributed by atoms with E-state index in [-0.39, 0.29) is 11.3 Å². The number of methoxy groups -OCH3 is 1. The average Bonchev–Trinajstić information content (AvgIpc) is 2.76. The minimum Gasteiger partial charge on any atom is -0.465 e. The molecule has 0 heterocycles. The quantitative estimate of drug-likeness (QED) is 0.375. The molecule has 6 nitrogen and oxygen atoms in total. The lowest BCUT2D eigenvalue weighted by Crippen LogP contribution is -2.18. The fourth-order valence-electron chi connectivity index (χ4n) is 3.16. The Bertz CT molecular complexity index is 1110. The number of aliphatic imine (C=N–C) groups is 1. The zero-order valence-electron chi connectivity index (χ0n) is 18.9. The number of halogens is 1. The number of aryl methyl sites for hydroxylation is 2. The van der Waals surface area contributed by atoms with Crippen molar-refractivity contribution in [3.8, 4) is 0 Å². The lowest BCUT2D eigenvalue weighted by atomic mass is 10.0. The Morgan fingerprint density at radius 1 is 1.16 bits per heavy atom. The number of nitrogens with one attached hydrogen (secondary N) is 1. The summed E-state index contributed by atoms with van der Waals surface area (Å²) in [5.41, 5.74) is 4.20. The van der Waals surface area contributed by atoms with Crippen molar-refractivity contribution in [3.63, 3.8) is 0 Å². The molecule has 0 aromatic heterocycles. The predicted molar refractivity (Wildman–Crippen MR) is 123 cm³/mol. The molecule has 0 aliphatic carbocycles. The fourth-order valence-corrected chi connectivity index (χ4v) is 3.16. The summed E-state index contributed by atoms with van der Waals surface area (Å²) in [5.74, 6) is -1.42. The van der Waals surface area contributed by atoms with Gasteiger partial charge in [0.2, 0.25) is 0 Å². The van der Waals surface area contributed by atoms with Gasteiger partial charge in [-0.15, -0.1) is 0 Å². The Balaban J connectivity index is 2.43. The van der Waals surface area contributed by atoms with Crippen molar-refractivity contribution in [2.24, 2.45) is 4.99 Å². The van der Waals surface area contributed by atoms with Crippen molar-refractivity contribution in [1.29, 1.82) is 0 Å². The number of aliphatic hydroxyl groups is 1. The first kappa shape index (κ1) is 24.7. The Morgan fingerprint density at radius 2 is 1.78 bits per heavy atom. The lowest BCUT2D eigenvalue weighted by molar-refractivity contribution is -0.112. The number of allylic oxidation sites excluding steroid dienone is 2. The third-order valence-electron chi connectivity index (χ3n) is 4.82. The second kappa shape index (κ2) is 10.6. The monoisotopic (exact) mass is 438 g/mol. The number of hydrogen-bond donors (Lipinski definition) is 2. The zero-order valence-corrected chi connectivity index (χ0v) is 18.9. The normalized spacial score (nSPS) is 11.0. The van der Waals surface area contributed by atoms with E-state index >= 15 is 0 Å². The Hall–Kier alpha value is -3.58. The molecule has 32 heavy (non-hydrogen) atoms. The molecule has 1 amide bonds. The summed E-state index contributed by atoms with van der Waals surface area (Å²) in [7, 11) is 1.31. The molecule has 0 saturated carbocycles. The van der Waals surface area contributed by atoms with Crippen LogP contribution in [0.2, 0.25) is 0 Å². The molecule has 0 radical (unpaired) electrons. The molecule has 7 heteroatoms. The van der Waals surface area contributed by atoms with E-state index in [9.17, 15) is 19.1 Å². The molecule has 0 fully saturated rings. The van der Waals surface area contributed by atoms with Gasteiger partial charge in [0.15, 0.2) is 0 Å². The maximum absolute atomic E-state index is 13.7. The summed E-state index contributed by atoms with van der Waals surface area (Å²) in [4.78, 5) is 29.4. The van der Waals surface area contributed by atoms with Crippen LogP contribution in [0.1, 0.15) is 46.5 Å². The van der Waals surface area contributed by atoms with Gasteiger partial charge in [-0.2, -0.15) is 0 Å². The van der Waals surface area contributed by atoms with Crippen molar-refractivity contribution < 1.29 is 23.8 Å². The summed E-state index contributed by atoms with van der Waals surface area (Å²) < 4.78 is 18.5. The van der Waals surface area contributed by atoms with E-state index < -0.39 is 24.3 Å². The number of ether oxygens (including phenoxy) is 1. The fraction of sp³-hybridized carbons (Fsp3) is 0.240. The van der Waals surface area contributed by atoms with Crippen LogP contribution in [0.15, 0.2) is 59.2 Å². The predicted octanol–water partition coefficient (Wildman–Crippen LogP) is 4.63. The Kier molecular flexibility index (Phi) is 8.21. The van der Waals surface area contributed by atoms with Crippen molar-refractivity contribution >= 4 is 23.3 Å². The van der Waals surface area contributed by atoms with E-state index in [1.807, 2.05) is 0 Å². The van der Waals surface area contributed by atoms with Crippen LogP contribution in [0.3, 0.4) is 0 Å². The summed E-state index contributed by atoms with van der Waals surface area (Å²) in [6.45, 7) is 10.4. The first-order chi connectivity index (χ1) is 15.1. The highest BCUT2D eigenvalue weighted by atomic mass is 19.1. The summed E-state index contributed by atoms with van der Waals surface area (Å²) in [6, 6.07) is 7.50. The molecular formula is C25H27FN2O4. The number of nitrogens with zero attached hydrogens (tertiary/aromatic N) is 1. The number of anilines is 1. The van der Waals surface area contributed by atoms with Crippen LogP contribution in [0.5, 0.6) is 0 Å². The van der Waals surface area contributed by atoms with Gasteiger partial charge in [0.1, 0.15) is 11.5 Å². The van der Waals surface area contributed by atoms with E-state index in [1.165, 1.54) is 31.4 Å². The van der Waals surface area contributed by atoms with Crippen LogP contribution >= 0.6 is 0 Å². The summed E-state index contributed by atoms with van der Waals surface area (Å²) in [5, 5.41) is 12.2. The SMILES string of the molecule is C=C/C(=N\C(C(=O)Nc1c(C)cc(C(=O)OC)cc1C)=C(C)C)c1ccc(F)c(CO)c1. The zero-order chi connectivity index (χ0) is 24.0. The van der Waals surface area contributed by atoms with Crippen molar-refractivity contribution in [2.75, 3.05) is 12.4 Å². The van der Waals surface area contributed by atoms with Crippen LogP contribution in [-0.4, -0.2) is 29.8 Å². The smallest absolute Gasteiger partial charge is 0.337 e. The van der Waals surface area contributed by atoms with Crippen molar-refractivity contribution in [3.05, 3.63) is 87.9 Å². The molecule has 0 unspecified atom stereocenters. The highest BCUT2D eigenvalue weighted by molar-refractivity contribution is 6.13. The largest absolute Gasteiger partial charge is 0.465 e. The van der Waals surface area contributed by atoms with Gasteiger partial charge in [-0.05, 0) is 80.8 Å². The molecule has 2 rings (SSSR count). The molecule has 0 saturated heterocycles. The van der Waals surface area contributed by atoms with Crippen molar-refractivity contribution in [1.82, 2.24) is 0 Å². The summed E-state index contributed by atoms with van der Waals surface area (Å²) >= 11 is 0. The number of carbonyl (C=O) groups excluding carboxylic acids is 2. The van der Waals surface area contributed by atoms with E-state index in [0.717, 1.165) is 0 Å². The van der Waals surface area contributed by atoms with Crippen molar-refractivity contribution in [2.45, 2.75) is 34.3 Å². The van der Waals surface area contributed by atoms with Gasteiger partial charge in [0.25, 0.3) is 5.91 Å². The second-order valence-corrected chi connectivity index (χ2v) is 7.44. The maximum Gasteiger partial charge on any atom is 0.337 e. The molecule has 0 spiro atoms. The highest BCUT2D eigenvalue weighted by Gasteiger charge is 2.17. The summed E-state index contributed by atoms with van der Waals surface area (Å²) in [6.07, 6.45) is 1.46. The van der Waals surface area contributed by atoms with Gasteiger partial charge in [-0.25, -0.2) is 14.2 Å². The van der Waals surface area contributed by atoms with Gasteiger partial charge >= 0.3 is 5.97 Å². The molecule has 0 atom stereocenters. The number of benzene rings is 2. The molecule has 0 aliphatic heterocycles. The minimum absolute atomic E-state index is 0.122. The third-order valence-corrected chi connectivity index (χ3v) is 4.82. The number of rotatable bonds is 7. The second-order valence-electron chi connectivity index (χ2n) is 7.44. The van der Waals surface area contributed by atoms with Gasteiger partial charge in [0.05, 0.1) is 25.0 Å². The molecule has 168 valence electrons. The van der Waals surface area contributed by atoms with Gasteiger partial charge in [-0.3, -0.25) is 4.79 Å². The minimum atomic E-state index is -0.527. The molecule has 2 aromatic rings. The standard InChI is InChI=1S/C25H27FN2O4/c1-7-21(17-8-9-20(26)19(12-17)13-29)27-22(14(2)3)24(30)28-23-15(4)10-18(11-16(23)5)25(31)32-6/h7-12,29H,1,13H2,2-6H3,(H,28,30)/b27-21+.